The lowest BCUT2D eigenvalue weighted by atomic mass is 10.1. The molecule has 0 aromatic heterocycles. The predicted molar refractivity (Wildman–Crippen MR) is 72.2 cm³/mol. The first kappa shape index (κ1) is 14.1. The van der Waals surface area contributed by atoms with Crippen molar-refractivity contribution in [2.45, 2.75) is 25.1 Å². The van der Waals surface area contributed by atoms with Crippen molar-refractivity contribution in [3.63, 3.8) is 0 Å². The Morgan fingerprint density at radius 1 is 1.41 bits per heavy atom. The molecule has 0 atom stereocenters. The van der Waals surface area contributed by atoms with E-state index >= 15 is 0 Å². The van der Waals surface area contributed by atoms with Crippen molar-refractivity contribution in [2.24, 2.45) is 5.73 Å². The highest BCUT2D eigenvalue weighted by Gasteiger charge is 2.13. The summed E-state index contributed by atoms with van der Waals surface area (Å²) in [6.07, 6.45) is 0. The molecule has 1 rings (SSSR count). The highest BCUT2D eigenvalue weighted by molar-refractivity contribution is 7.98. The third-order valence-electron chi connectivity index (χ3n) is 2.15. The average Bonchev–Trinajstić information content (AvgIpc) is 2.27. The summed E-state index contributed by atoms with van der Waals surface area (Å²) in [6, 6.07) is 7.50. The van der Waals surface area contributed by atoms with Gasteiger partial charge in [0.15, 0.2) is 0 Å². The van der Waals surface area contributed by atoms with Crippen molar-refractivity contribution in [3.8, 4) is 0 Å². The second-order valence-electron chi connectivity index (χ2n) is 4.63. The van der Waals surface area contributed by atoms with Gasteiger partial charge in [-0.15, -0.1) is 0 Å². The zero-order chi connectivity index (χ0) is 12.9. The maximum atomic E-state index is 11.5. The molecule has 0 unspecified atom stereocenters. The molecule has 2 N–H and O–H groups in total. The minimum Gasteiger partial charge on any atom is -0.465 e. The number of carbonyl (C=O) groups is 1. The van der Waals surface area contributed by atoms with E-state index in [0.29, 0.717) is 5.56 Å². The van der Waals surface area contributed by atoms with Crippen LogP contribution in [0.15, 0.2) is 24.3 Å². The summed E-state index contributed by atoms with van der Waals surface area (Å²) in [5.74, 6) is 1.34. The van der Waals surface area contributed by atoms with Gasteiger partial charge in [0.05, 0.1) is 12.7 Å². The summed E-state index contributed by atoms with van der Waals surface area (Å²) in [6.45, 7) is 3.98. The molecule has 0 saturated heterocycles. The normalized spacial score (nSPS) is 11.3. The second-order valence-corrected chi connectivity index (χ2v) is 5.62. The number of thioether (sulfide) groups is 1. The molecule has 0 heterocycles. The smallest absolute Gasteiger partial charge is 0.338 e. The molecule has 94 valence electrons. The average molecular weight is 253 g/mol. The summed E-state index contributed by atoms with van der Waals surface area (Å²) in [5, 5.41) is 0. The van der Waals surface area contributed by atoms with Gasteiger partial charge in [-0.25, -0.2) is 4.79 Å². The van der Waals surface area contributed by atoms with Gasteiger partial charge in [-0.2, -0.15) is 11.8 Å². The molecule has 0 aliphatic heterocycles. The van der Waals surface area contributed by atoms with Gasteiger partial charge < -0.3 is 10.5 Å². The van der Waals surface area contributed by atoms with Crippen molar-refractivity contribution in [3.05, 3.63) is 35.4 Å². The van der Waals surface area contributed by atoms with E-state index in [2.05, 4.69) is 0 Å². The highest BCUT2D eigenvalue weighted by Crippen LogP contribution is 2.19. The molecule has 0 radical (unpaired) electrons. The van der Waals surface area contributed by atoms with E-state index in [-0.39, 0.29) is 11.5 Å². The topological polar surface area (TPSA) is 52.3 Å². The Morgan fingerprint density at radius 2 is 2.06 bits per heavy atom. The molecule has 0 saturated carbocycles. The first-order chi connectivity index (χ1) is 7.94. The van der Waals surface area contributed by atoms with Gasteiger partial charge in [0.25, 0.3) is 0 Å². The van der Waals surface area contributed by atoms with Gasteiger partial charge in [-0.1, -0.05) is 18.2 Å². The lowest BCUT2D eigenvalue weighted by molar-refractivity contribution is 0.0600. The number of rotatable bonds is 5. The molecular formula is C13H19NO2S. The van der Waals surface area contributed by atoms with Gasteiger partial charge in [-0.05, 0) is 25.5 Å². The van der Waals surface area contributed by atoms with Crippen LogP contribution in [-0.2, 0) is 10.5 Å². The molecule has 0 amide bonds. The van der Waals surface area contributed by atoms with Gasteiger partial charge in [0.1, 0.15) is 0 Å². The Kier molecular flexibility index (Phi) is 5.02. The Balaban J connectivity index is 2.68. The molecule has 4 heteroatoms. The van der Waals surface area contributed by atoms with Crippen LogP contribution in [0.5, 0.6) is 0 Å². The van der Waals surface area contributed by atoms with E-state index < -0.39 is 0 Å². The third-order valence-corrected chi connectivity index (χ3v) is 3.62. The van der Waals surface area contributed by atoms with Gasteiger partial charge >= 0.3 is 5.97 Å². The van der Waals surface area contributed by atoms with E-state index in [1.807, 2.05) is 32.0 Å². The Morgan fingerprint density at radius 3 is 2.65 bits per heavy atom. The molecule has 3 nitrogen and oxygen atoms in total. The van der Waals surface area contributed by atoms with Crippen LogP contribution in [0.3, 0.4) is 0 Å². The fraction of sp³-hybridized carbons (Fsp3) is 0.462. The van der Waals surface area contributed by atoms with Crippen molar-refractivity contribution >= 4 is 17.7 Å². The SMILES string of the molecule is COC(=O)c1ccccc1CSCC(C)(C)N. The van der Waals surface area contributed by atoms with E-state index in [0.717, 1.165) is 17.1 Å². The predicted octanol–water partition coefficient (Wildman–Crippen LogP) is 2.44. The van der Waals surface area contributed by atoms with Crippen LogP contribution in [0.25, 0.3) is 0 Å². The Labute approximate surface area is 107 Å². The van der Waals surface area contributed by atoms with E-state index in [9.17, 15) is 4.79 Å². The quantitative estimate of drug-likeness (QED) is 0.819. The summed E-state index contributed by atoms with van der Waals surface area (Å²) in [5.41, 5.74) is 7.35. The molecule has 1 aromatic rings. The first-order valence-corrected chi connectivity index (χ1v) is 6.62. The lowest BCUT2D eigenvalue weighted by Crippen LogP contribution is -2.34. The van der Waals surface area contributed by atoms with Gasteiger partial charge in [0, 0.05) is 17.0 Å². The zero-order valence-electron chi connectivity index (χ0n) is 10.5. The summed E-state index contributed by atoms with van der Waals surface area (Å²) >= 11 is 1.72. The van der Waals surface area contributed by atoms with Crippen LogP contribution in [-0.4, -0.2) is 24.4 Å². The number of hydrogen-bond donors (Lipinski definition) is 1. The maximum Gasteiger partial charge on any atom is 0.338 e. The standard InChI is InChI=1S/C13H19NO2S/c1-13(2,14)9-17-8-10-6-4-5-7-11(10)12(15)16-3/h4-7H,8-9,14H2,1-3H3. The number of nitrogens with two attached hydrogens (primary N) is 1. The van der Waals surface area contributed by atoms with Crippen LogP contribution in [0.2, 0.25) is 0 Å². The molecule has 1 aromatic carbocycles. The van der Waals surface area contributed by atoms with Crippen LogP contribution in [0.4, 0.5) is 0 Å². The number of esters is 1. The van der Waals surface area contributed by atoms with E-state index in [4.69, 9.17) is 10.5 Å². The minimum absolute atomic E-state index is 0.190. The minimum atomic E-state index is -0.284. The number of carbonyl (C=O) groups excluding carboxylic acids is 1. The number of ether oxygens (including phenoxy) is 1. The number of methoxy groups -OCH3 is 1. The van der Waals surface area contributed by atoms with Crippen LogP contribution in [0.1, 0.15) is 29.8 Å². The number of hydrogen-bond acceptors (Lipinski definition) is 4. The third kappa shape index (κ3) is 4.79. The van der Waals surface area contributed by atoms with Crippen molar-refractivity contribution in [1.29, 1.82) is 0 Å². The highest BCUT2D eigenvalue weighted by atomic mass is 32.2. The maximum absolute atomic E-state index is 11.5. The fourth-order valence-electron chi connectivity index (χ4n) is 1.38. The molecular weight excluding hydrogens is 234 g/mol. The summed E-state index contributed by atoms with van der Waals surface area (Å²) in [4.78, 5) is 11.5. The van der Waals surface area contributed by atoms with Crippen LogP contribution >= 0.6 is 11.8 Å². The lowest BCUT2D eigenvalue weighted by Gasteiger charge is -2.17. The first-order valence-electron chi connectivity index (χ1n) is 5.47. The van der Waals surface area contributed by atoms with E-state index in [1.54, 1.807) is 17.8 Å². The second kappa shape index (κ2) is 6.07. The fourth-order valence-corrected chi connectivity index (χ4v) is 2.48. The monoisotopic (exact) mass is 253 g/mol. The van der Waals surface area contributed by atoms with Gasteiger partial charge in [0.2, 0.25) is 0 Å². The summed E-state index contributed by atoms with van der Waals surface area (Å²) in [7, 11) is 1.40. The zero-order valence-corrected chi connectivity index (χ0v) is 11.3. The van der Waals surface area contributed by atoms with E-state index in [1.165, 1.54) is 7.11 Å². The molecule has 0 fully saturated rings. The van der Waals surface area contributed by atoms with Crippen molar-refractivity contribution in [2.75, 3.05) is 12.9 Å². The largest absolute Gasteiger partial charge is 0.465 e. The van der Waals surface area contributed by atoms with Crippen LogP contribution in [0, 0.1) is 0 Å². The molecule has 0 spiro atoms. The van der Waals surface area contributed by atoms with Crippen molar-refractivity contribution < 1.29 is 9.53 Å². The molecule has 0 aliphatic carbocycles. The van der Waals surface area contributed by atoms with Gasteiger partial charge in [-0.3, -0.25) is 0 Å². The summed E-state index contributed by atoms with van der Waals surface area (Å²) < 4.78 is 4.75. The molecule has 0 bridgehead atoms. The Hall–Kier alpha value is -1.00. The number of benzene rings is 1. The van der Waals surface area contributed by atoms with Crippen LogP contribution < -0.4 is 5.73 Å². The molecule has 0 aliphatic rings. The Bertz CT molecular complexity index is 385. The van der Waals surface area contributed by atoms with Crippen molar-refractivity contribution in [1.82, 2.24) is 0 Å². The molecule has 17 heavy (non-hydrogen) atoms.